The van der Waals surface area contributed by atoms with Gasteiger partial charge in [-0.15, -0.1) is 0 Å². The van der Waals surface area contributed by atoms with Crippen LogP contribution in [0, 0.1) is 0 Å². The zero-order chi connectivity index (χ0) is 29.7. The second kappa shape index (κ2) is 16.1. The van der Waals surface area contributed by atoms with Gasteiger partial charge in [-0.05, 0) is 22.3 Å². The SMILES string of the molecule is CO[C@@H]1C[C@H](OCc2ccccc2)C[C@@H](OCc2ccccc2)[C@H]1OP(=O)(OCc1ccccc1)OCc1ccccc1. The molecule has 1 aliphatic carbocycles. The topological polar surface area (TPSA) is 72.5 Å². The minimum absolute atomic E-state index is 0.0651. The van der Waals surface area contributed by atoms with Crippen molar-refractivity contribution in [1.29, 1.82) is 0 Å². The van der Waals surface area contributed by atoms with Gasteiger partial charge >= 0.3 is 7.82 Å². The number of hydrogen-bond donors (Lipinski definition) is 0. The molecule has 0 unspecified atom stereocenters. The van der Waals surface area contributed by atoms with Gasteiger partial charge < -0.3 is 14.2 Å². The van der Waals surface area contributed by atoms with Crippen molar-refractivity contribution in [1.82, 2.24) is 0 Å². The van der Waals surface area contributed by atoms with Crippen molar-refractivity contribution in [2.24, 2.45) is 0 Å². The highest BCUT2D eigenvalue weighted by atomic mass is 31.2. The quantitative estimate of drug-likeness (QED) is 0.128. The van der Waals surface area contributed by atoms with Crippen LogP contribution >= 0.6 is 7.82 Å². The van der Waals surface area contributed by atoms with E-state index in [0.717, 1.165) is 22.3 Å². The molecule has 226 valence electrons. The Hall–Kier alpha value is -3.13. The Morgan fingerprint density at radius 1 is 0.558 bits per heavy atom. The summed E-state index contributed by atoms with van der Waals surface area (Å²) in [5, 5.41) is 0. The first kappa shape index (κ1) is 31.3. The number of rotatable bonds is 15. The van der Waals surface area contributed by atoms with Gasteiger partial charge in [-0.25, -0.2) is 4.57 Å². The normalized spacial score (nSPS) is 20.6. The summed E-state index contributed by atoms with van der Waals surface area (Å²) in [6.45, 7) is 0.955. The first-order chi connectivity index (χ1) is 21.1. The molecule has 43 heavy (non-hydrogen) atoms. The summed E-state index contributed by atoms with van der Waals surface area (Å²) in [7, 11) is -2.47. The van der Waals surface area contributed by atoms with E-state index in [1.807, 2.05) is 121 Å². The maximum atomic E-state index is 14.3. The van der Waals surface area contributed by atoms with Crippen LogP contribution in [0.1, 0.15) is 35.1 Å². The van der Waals surface area contributed by atoms with Crippen LogP contribution in [-0.4, -0.2) is 31.5 Å². The fourth-order valence-electron chi connectivity index (χ4n) is 5.06. The Balaban J connectivity index is 1.35. The molecule has 4 aromatic rings. The summed E-state index contributed by atoms with van der Waals surface area (Å²) in [6.07, 6.45) is -0.765. The van der Waals surface area contributed by atoms with Gasteiger partial charge in [0.05, 0.1) is 44.7 Å². The summed E-state index contributed by atoms with van der Waals surface area (Å²) in [5.74, 6) is 0. The fraction of sp³-hybridized carbons (Fsp3) is 0.314. The monoisotopic (exact) mass is 602 g/mol. The predicted octanol–water partition coefficient (Wildman–Crippen LogP) is 7.89. The van der Waals surface area contributed by atoms with Crippen LogP contribution in [0.15, 0.2) is 121 Å². The maximum Gasteiger partial charge on any atom is 0.475 e. The van der Waals surface area contributed by atoms with Crippen LogP contribution in [0.5, 0.6) is 0 Å². The Morgan fingerprint density at radius 2 is 0.953 bits per heavy atom. The summed E-state index contributed by atoms with van der Waals surface area (Å²) < 4.78 is 51.2. The van der Waals surface area contributed by atoms with Crippen LogP contribution in [-0.2, 0) is 58.8 Å². The van der Waals surface area contributed by atoms with Crippen LogP contribution in [0.2, 0.25) is 0 Å². The smallest absolute Gasteiger partial charge is 0.379 e. The predicted molar refractivity (Wildman–Crippen MR) is 165 cm³/mol. The molecule has 1 fully saturated rings. The van der Waals surface area contributed by atoms with Crippen molar-refractivity contribution in [3.8, 4) is 0 Å². The van der Waals surface area contributed by atoms with E-state index in [9.17, 15) is 4.57 Å². The lowest BCUT2D eigenvalue weighted by atomic mass is 9.89. The highest BCUT2D eigenvalue weighted by molar-refractivity contribution is 7.48. The molecule has 0 spiro atoms. The highest BCUT2D eigenvalue weighted by Crippen LogP contribution is 2.54. The van der Waals surface area contributed by atoms with Gasteiger partial charge in [-0.3, -0.25) is 13.6 Å². The molecule has 0 radical (unpaired) electrons. The van der Waals surface area contributed by atoms with Crippen molar-refractivity contribution in [2.45, 2.75) is 63.7 Å². The molecule has 0 N–H and O–H groups in total. The van der Waals surface area contributed by atoms with Gasteiger partial charge in [-0.1, -0.05) is 121 Å². The fourth-order valence-corrected chi connectivity index (χ4v) is 6.44. The first-order valence-corrected chi connectivity index (χ1v) is 16.1. The third-order valence-corrected chi connectivity index (χ3v) is 8.77. The molecule has 0 aromatic heterocycles. The van der Waals surface area contributed by atoms with E-state index >= 15 is 0 Å². The van der Waals surface area contributed by atoms with E-state index in [1.54, 1.807) is 7.11 Å². The van der Waals surface area contributed by atoms with E-state index < -0.39 is 26.1 Å². The van der Waals surface area contributed by atoms with E-state index in [-0.39, 0.29) is 19.3 Å². The number of phosphoric ester groups is 1. The minimum Gasteiger partial charge on any atom is -0.379 e. The van der Waals surface area contributed by atoms with Gasteiger partial charge in [-0.2, -0.15) is 0 Å². The molecule has 0 amide bonds. The zero-order valence-corrected chi connectivity index (χ0v) is 25.3. The molecule has 4 aromatic carbocycles. The molecule has 8 heteroatoms. The molecule has 1 saturated carbocycles. The Labute approximate surface area is 254 Å². The summed E-state index contributed by atoms with van der Waals surface area (Å²) >= 11 is 0. The van der Waals surface area contributed by atoms with E-state index in [1.165, 1.54) is 0 Å². The Kier molecular flexibility index (Phi) is 11.7. The molecule has 4 atom stereocenters. The van der Waals surface area contributed by atoms with Crippen LogP contribution < -0.4 is 0 Å². The number of methoxy groups -OCH3 is 1. The molecule has 7 nitrogen and oxygen atoms in total. The van der Waals surface area contributed by atoms with Crippen molar-refractivity contribution in [3.05, 3.63) is 144 Å². The van der Waals surface area contributed by atoms with Crippen molar-refractivity contribution >= 4 is 7.82 Å². The highest BCUT2D eigenvalue weighted by Gasteiger charge is 2.45. The van der Waals surface area contributed by atoms with Gasteiger partial charge in [0.15, 0.2) is 0 Å². The second-order valence-electron chi connectivity index (χ2n) is 10.5. The van der Waals surface area contributed by atoms with Crippen molar-refractivity contribution in [2.75, 3.05) is 7.11 Å². The molecule has 0 heterocycles. The van der Waals surface area contributed by atoms with Gasteiger partial charge in [0.1, 0.15) is 6.10 Å². The number of hydrogen-bond acceptors (Lipinski definition) is 7. The van der Waals surface area contributed by atoms with Crippen LogP contribution in [0.25, 0.3) is 0 Å². The number of ether oxygens (including phenoxy) is 3. The molecule has 0 saturated heterocycles. The summed E-state index contributed by atoms with van der Waals surface area (Å²) in [5.41, 5.74) is 3.82. The third-order valence-electron chi connectivity index (χ3n) is 7.38. The van der Waals surface area contributed by atoms with Gasteiger partial charge in [0, 0.05) is 20.0 Å². The summed E-state index contributed by atoms with van der Waals surface area (Å²) in [4.78, 5) is 0. The largest absolute Gasteiger partial charge is 0.475 e. The van der Waals surface area contributed by atoms with Gasteiger partial charge in [0.2, 0.25) is 0 Å². The van der Waals surface area contributed by atoms with E-state index in [0.29, 0.717) is 26.1 Å². The minimum atomic E-state index is -4.09. The molecule has 0 bridgehead atoms. The zero-order valence-electron chi connectivity index (χ0n) is 24.4. The van der Waals surface area contributed by atoms with Crippen molar-refractivity contribution < 1.29 is 32.3 Å². The van der Waals surface area contributed by atoms with E-state index in [4.69, 9.17) is 27.8 Å². The Bertz CT molecular complexity index is 1340. The van der Waals surface area contributed by atoms with Gasteiger partial charge in [0.25, 0.3) is 0 Å². The molecule has 5 rings (SSSR count). The van der Waals surface area contributed by atoms with Crippen LogP contribution in [0.3, 0.4) is 0 Å². The molecular formula is C35H39O7P. The lowest BCUT2D eigenvalue weighted by Crippen LogP contribution is -2.50. The van der Waals surface area contributed by atoms with Crippen molar-refractivity contribution in [3.63, 3.8) is 0 Å². The average molecular weight is 603 g/mol. The number of benzene rings is 4. The maximum absolute atomic E-state index is 14.3. The molecule has 1 aliphatic rings. The summed E-state index contributed by atoms with van der Waals surface area (Å²) in [6, 6.07) is 39.0. The average Bonchev–Trinajstić information content (AvgIpc) is 3.07. The Morgan fingerprint density at radius 3 is 1.40 bits per heavy atom. The number of phosphoric acid groups is 1. The second-order valence-corrected chi connectivity index (χ2v) is 12.2. The first-order valence-electron chi connectivity index (χ1n) is 14.6. The third kappa shape index (κ3) is 9.68. The molecular weight excluding hydrogens is 563 g/mol. The van der Waals surface area contributed by atoms with Crippen LogP contribution in [0.4, 0.5) is 0 Å². The lowest BCUT2D eigenvalue weighted by Gasteiger charge is -2.41. The molecule has 0 aliphatic heterocycles. The standard InChI is InChI=1S/C35H39O7P/c1-37-33-22-32(38-24-28-14-6-2-7-15-28)23-34(39-25-29-16-8-3-9-17-29)35(33)42-43(36,40-26-30-18-10-4-11-19-30)41-27-31-20-12-5-13-21-31/h2-21,32-35H,22-27H2,1H3/t32-,33+,34+,35-/m0/s1. The van der Waals surface area contributed by atoms with E-state index in [2.05, 4.69) is 0 Å². The lowest BCUT2D eigenvalue weighted by molar-refractivity contribution is -0.162.